The molecule has 0 spiro atoms. The summed E-state index contributed by atoms with van der Waals surface area (Å²) in [6, 6.07) is 3.46. The molecule has 1 aliphatic carbocycles. The molecular formula is C12H18N4O4S. The number of sulfonamides is 1. The van der Waals surface area contributed by atoms with Crippen LogP contribution in [0.4, 0.5) is 11.4 Å². The van der Waals surface area contributed by atoms with E-state index < -0.39 is 14.9 Å². The Morgan fingerprint density at radius 2 is 2.10 bits per heavy atom. The number of benzene rings is 1. The number of nitro benzene ring substituents is 1. The summed E-state index contributed by atoms with van der Waals surface area (Å²) in [4.78, 5) is 10.1. The van der Waals surface area contributed by atoms with Crippen molar-refractivity contribution in [3.63, 3.8) is 0 Å². The molecule has 0 aromatic heterocycles. The average molecular weight is 314 g/mol. The first kappa shape index (κ1) is 15.7. The molecule has 1 atom stereocenters. The van der Waals surface area contributed by atoms with E-state index in [0.717, 1.165) is 18.6 Å². The van der Waals surface area contributed by atoms with Gasteiger partial charge in [0, 0.05) is 12.6 Å². The summed E-state index contributed by atoms with van der Waals surface area (Å²) in [5, 5.41) is 10.8. The quantitative estimate of drug-likeness (QED) is 0.411. The third kappa shape index (κ3) is 3.31. The molecule has 0 aliphatic heterocycles. The lowest BCUT2D eigenvalue weighted by atomic mass is 10.1. The Balaban J connectivity index is 2.18. The molecule has 0 amide bonds. The maximum Gasteiger partial charge on any atom is 0.293 e. The van der Waals surface area contributed by atoms with Crippen LogP contribution >= 0.6 is 0 Å². The summed E-state index contributed by atoms with van der Waals surface area (Å²) in [5.74, 6) is 5.52. The van der Waals surface area contributed by atoms with E-state index >= 15 is 0 Å². The summed E-state index contributed by atoms with van der Waals surface area (Å²) in [6.07, 6.45) is 0.978. The maximum absolute atomic E-state index is 12.2. The summed E-state index contributed by atoms with van der Waals surface area (Å²) in [5.41, 5.74) is 1.99. The zero-order valence-corrected chi connectivity index (χ0v) is 12.6. The van der Waals surface area contributed by atoms with Crippen LogP contribution in [0, 0.1) is 21.4 Å². The molecule has 2 rings (SSSR count). The normalized spacial score (nSPS) is 20.0. The topological polar surface area (TPSA) is 127 Å². The molecule has 1 unspecified atom stereocenters. The summed E-state index contributed by atoms with van der Waals surface area (Å²) >= 11 is 0. The van der Waals surface area contributed by atoms with Crippen LogP contribution < -0.4 is 16.0 Å². The van der Waals surface area contributed by atoms with Gasteiger partial charge in [0.1, 0.15) is 5.69 Å². The smallest absolute Gasteiger partial charge is 0.293 e. The second kappa shape index (κ2) is 5.24. The van der Waals surface area contributed by atoms with Crippen molar-refractivity contribution in [2.24, 2.45) is 17.2 Å². The van der Waals surface area contributed by atoms with Crippen LogP contribution in [0.2, 0.25) is 0 Å². The highest BCUT2D eigenvalue weighted by Gasteiger charge is 2.45. The number of nitrogens with zero attached hydrogens (tertiary/aromatic N) is 1. The first-order valence-electron chi connectivity index (χ1n) is 6.42. The number of anilines is 1. The molecule has 1 aliphatic rings. The van der Waals surface area contributed by atoms with Crippen LogP contribution in [-0.4, -0.2) is 19.9 Å². The largest absolute Gasteiger partial charge is 0.318 e. The molecule has 8 nitrogen and oxygen atoms in total. The van der Waals surface area contributed by atoms with Gasteiger partial charge in [0.15, 0.2) is 0 Å². The molecular weight excluding hydrogens is 296 g/mol. The van der Waals surface area contributed by atoms with Crippen molar-refractivity contribution in [3.05, 3.63) is 28.3 Å². The number of nitro groups is 1. The average Bonchev–Trinajstić information content (AvgIpc) is 3.03. The van der Waals surface area contributed by atoms with Crippen molar-refractivity contribution in [2.45, 2.75) is 25.2 Å². The Morgan fingerprint density at radius 1 is 1.48 bits per heavy atom. The molecule has 116 valence electrons. The van der Waals surface area contributed by atoms with E-state index in [1.807, 2.05) is 0 Å². The molecule has 9 heteroatoms. The lowest BCUT2D eigenvalue weighted by Crippen LogP contribution is -2.27. The maximum atomic E-state index is 12.2. The Labute approximate surface area is 122 Å². The van der Waals surface area contributed by atoms with Gasteiger partial charge in [-0.2, -0.15) is 0 Å². The molecule has 1 saturated carbocycles. The number of nitrogens with one attached hydrogen (secondary N) is 2. The van der Waals surface area contributed by atoms with Crippen molar-refractivity contribution >= 4 is 21.4 Å². The van der Waals surface area contributed by atoms with Crippen LogP contribution in [0.15, 0.2) is 23.1 Å². The second-order valence-corrected chi connectivity index (χ2v) is 7.59. The predicted molar refractivity (Wildman–Crippen MR) is 78.0 cm³/mol. The first-order chi connectivity index (χ1) is 9.67. The van der Waals surface area contributed by atoms with Gasteiger partial charge in [0.25, 0.3) is 5.69 Å². The fourth-order valence-electron chi connectivity index (χ4n) is 2.18. The van der Waals surface area contributed by atoms with Gasteiger partial charge in [0.2, 0.25) is 10.0 Å². The predicted octanol–water partition coefficient (Wildman–Crippen LogP) is 1.20. The van der Waals surface area contributed by atoms with E-state index in [2.05, 4.69) is 24.0 Å². The third-order valence-electron chi connectivity index (χ3n) is 3.87. The number of hydrogen-bond acceptors (Lipinski definition) is 6. The fourth-order valence-corrected chi connectivity index (χ4v) is 3.28. The number of nitrogen functional groups attached to an aromatic ring is 1. The SMILES string of the molecule is CC1(C)CC1CNS(=O)(=O)c1ccc([N+](=O)[O-])c(NN)c1. The van der Waals surface area contributed by atoms with Gasteiger partial charge >= 0.3 is 0 Å². The molecule has 0 radical (unpaired) electrons. The van der Waals surface area contributed by atoms with Gasteiger partial charge < -0.3 is 5.43 Å². The van der Waals surface area contributed by atoms with Crippen LogP contribution in [0.5, 0.6) is 0 Å². The Hall–Kier alpha value is -1.71. The van der Waals surface area contributed by atoms with Gasteiger partial charge in [-0.15, -0.1) is 0 Å². The molecule has 21 heavy (non-hydrogen) atoms. The van der Waals surface area contributed by atoms with E-state index in [9.17, 15) is 18.5 Å². The Bertz CT molecular complexity index is 672. The zero-order chi connectivity index (χ0) is 15.8. The van der Waals surface area contributed by atoms with Crippen molar-refractivity contribution in [2.75, 3.05) is 12.0 Å². The van der Waals surface area contributed by atoms with Crippen molar-refractivity contribution in [1.29, 1.82) is 0 Å². The van der Waals surface area contributed by atoms with Gasteiger partial charge in [-0.3, -0.25) is 16.0 Å². The monoisotopic (exact) mass is 314 g/mol. The molecule has 1 fully saturated rings. The highest BCUT2D eigenvalue weighted by Crippen LogP contribution is 2.51. The minimum absolute atomic E-state index is 0.0466. The van der Waals surface area contributed by atoms with Gasteiger partial charge in [-0.05, 0) is 29.9 Å². The minimum Gasteiger partial charge on any atom is -0.318 e. The summed E-state index contributed by atoms with van der Waals surface area (Å²) in [6.45, 7) is 4.51. The molecule has 1 aromatic rings. The van der Waals surface area contributed by atoms with Crippen molar-refractivity contribution in [3.8, 4) is 0 Å². The Morgan fingerprint density at radius 3 is 2.57 bits per heavy atom. The lowest BCUT2D eigenvalue weighted by Gasteiger charge is -2.09. The van der Waals surface area contributed by atoms with E-state index in [1.54, 1.807) is 0 Å². The van der Waals surface area contributed by atoms with Crippen molar-refractivity contribution < 1.29 is 13.3 Å². The van der Waals surface area contributed by atoms with Gasteiger partial charge in [0.05, 0.1) is 9.82 Å². The third-order valence-corrected chi connectivity index (χ3v) is 5.29. The molecule has 0 saturated heterocycles. The van der Waals surface area contributed by atoms with E-state index in [0.29, 0.717) is 12.5 Å². The van der Waals surface area contributed by atoms with Crippen molar-refractivity contribution in [1.82, 2.24) is 4.72 Å². The number of hydrogen-bond donors (Lipinski definition) is 3. The molecule has 4 N–H and O–H groups in total. The van der Waals surface area contributed by atoms with E-state index in [4.69, 9.17) is 5.84 Å². The zero-order valence-electron chi connectivity index (χ0n) is 11.8. The number of rotatable bonds is 6. The summed E-state index contributed by atoms with van der Waals surface area (Å²) in [7, 11) is -3.71. The number of nitrogens with two attached hydrogens (primary N) is 1. The van der Waals surface area contributed by atoms with Gasteiger partial charge in [-0.1, -0.05) is 13.8 Å². The van der Waals surface area contributed by atoms with Crippen LogP contribution in [0.25, 0.3) is 0 Å². The first-order valence-corrected chi connectivity index (χ1v) is 7.90. The van der Waals surface area contributed by atoms with Gasteiger partial charge in [-0.25, -0.2) is 13.1 Å². The van der Waals surface area contributed by atoms with Crippen LogP contribution in [0.3, 0.4) is 0 Å². The van der Waals surface area contributed by atoms with Crippen LogP contribution in [-0.2, 0) is 10.0 Å². The second-order valence-electron chi connectivity index (χ2n) is 5.82. The molecule has 1 aromatic carbocycles. The highest BCUT2D eigenvalue weighted by molar-refractivity contribution is 7.89. The van der Waals surface area contributed by atoms with E-state index in [1.165, 1.54) is 6.07 Å². The summed E-state index contributed by atoms with van der Waals surface area (Å²) < 4.78 is 26.9. The Kier molecular flexibility index (Phi) is 3.91. The lowest BCUT2D eigenvalue weighted by molar-refractivity contribution is -0.384. The molecule has 0 heterocycles. The fraction of sp³-hybridized carbons (Fsp3) is 0.500. The minimum atomic E-state index is -3.71. The highest BCUT2D eigenvalue weighted by atomic mass is 32.2. The van der Waals surface area contributed by atoms with E-state index in [-0.39, 0.29) is 21.7 Å². The van der Waals surface area contributed by atoms with Crippen LogP contribution in [0.1, 0.15) is 20.3 Å². The standard InChI is InChI=1S/C12H18N4O4S/c1-12(2)6-8(12)7-14-21(19,20)9-3-4-11(16(17)18)10(5-9)15-13/h3-5,8,14-15H,6-7,13H2,1-2H3. The molecule has 0 bridgehead atoms. The number of hydrazine groups is 1.